The number of nitrogens with one attached hydrogen (secondary N) is 1. The van der Waals surface area contributed by atoms with E-state index in [0.29, 0.717) is 6.01 Å². The van der Waals surface area contributed by atoms with Gasteiger partial charge in [0, 0.05) is 49.0 Å². The predicted octanol–water partition coefficient (Wildman–Crippen LogP) is 5.33. The SMILES string of the molecule is C=CC(=O)Nc1cc(COc2nccc(-c3cn(C)c4ccccc34)n2)ccc1N1CCCCC1. The molecular formula is C28H29N5O2. The van der Waals surface area contributed by atoms with Crippen LogP contribution in [-0.2, 0) is 18.4 Å². The Morgan fingerprint density at radius 3 is 2.80 bits per heavy atom. The van der Waals surface area contributed by atoms with Crippen molar-refractivity contribution in [3.63, 3.8) is 0 Å². The van der Waals surface area contributed by atoms with Crippen LogP contribution < -0.4 is 15.0 Å². The van der Waals surface area contributed by atoms with E-state index in [2.05, 4.69) is 55.7 Å². The third-order valence-corrected chi connectivity index (χ3v) is 6.38. The molecule has 4 aromatic rings. The molecule has 3 heterocycles. The zero-order valence-electron chi connectivity index (χ0n) is 19.9. The van der Waals surface area contributed by atoms with Gasteiger partial charge in [0.2, 0.25) is 5.91 Å². The number of hydrogen-bond acceptors (Lipinski definition) is 5. The molecule has 7 nitrogen and oxygen atoms in total. The number of aryl methyl sites for hydroxylation is 1. The van der Waals surface area contributed by atoms with Crippen molar-refractivity contribution >= 4 is 28.2 Å². The first-order valence-electron chi connectivity index (χ1n) is 11.9. The van der Waals surface area contributed by atoms with E-state index in [-0.39, 0.29) is 12.5 Å². The normalized spacial score (nSPS) is 13.6. The minimum Gasteiger partial charge on any atom is -0.459 e. The summed E-state index contributed by atoms with van der Waals surface area (Å²) in [4.78, 5) is 23.4. The van der Waals surface area contributed by atoms with Gasteiger partial charge in [-0.25, -0.2) is 4.98 Å². The number of anilines is 2. The fourth-order valence-electron chi connectivity index (χ4n) is 4.62. The third-order valence-electron chi connectivity index (χ3n) is 6.38. The zero-order chi connectivity index (χ0) is 24.2. The molecule has 1 aliphatic heterocycles. The summed E-state index contributed by atoms with van der Waals surface area (Å²) in [6.45, 7) is 5.85. The number of ether oxygens (including phenoxy) is 1. The monoisotopic (exact) mass is 467 g/mol. The maximum atomic E-state index is 12.1. The lowest BCUT2D eigenvalue weighted by Gasteiger charge is -2.30. The van der Waals surface area contributed by atoms with Crippen LogP contribution in [0.15, 0.2) is 73.6 Å². The number of aromatic nitrogens is 3. The van der Waals surface area contributed by atoms with Crippen LogP contribution in [0.25, 0.3) is 22.2 Å². The van der Waals surface area contributed by atoms with Crippen LogP contribution in [0, 0.1) is 0 Å². The van der Waals surface area contributed by atoms with Crippen LogP contribution in [-0.4, -0.2) is 33.5 Å². The summed E-state index contributed by atoms with van der Waals surface area (Å²) in [6, 6.07) is 16.5. The van der Waals surface area contributed by atoms with Gasteiger partial charge in [0.25, 0.3) is 0 Å². The van der Waals surface area contributed by atoms with Gasteiger partial charge in [0.1, 0.15) is 6.61 Å². The highest BCUT2D eigenvalue weighted by molar-refractivity contribution is 6.01. The highest BCUT2D eigenvalue weighted by Crippen LogP contribution is 2.31. The summed E-state index contributed by atoms with van der Waals surface area (Å²) in [5.41, 5.74) is 5.71. The molecule has 178 valence electrons. The molecule has 0 aliphatic carbocycles. The summed E-state index contributed by atoms with van der Waals surface area (Å²) < 4.78 is 8.06. The van der Waals surface area contributed by atoms with Crippen molar-refractivity contribution in [1.82, 2.24) is 14.5 Å². The molecule has 2 aromatic carbocycles. The summed E-state index contributed by atoms with van der Waals surface area (Å²) in [5.74, 6) is -0.229. The summed E-state index contributed by atoms with van der Waals surface area (Å²) >= 11 is 0. The lowest BCUT2D eigenvalue weighted by atomic mass is 10.1. The molecule has 1 N–H and O–H groups in total. The first-order valence-corrected chi connectivity index (χ1v) is 11.9. The van der Waals surface area contributed by atoms with Gasteiger partial charge in [-0.3, -0.25) is 4.79 Å². The van der Waals surface area contributed by atoms with Crippen LogP contribution in [0.5, 0.6) is 6.01 Å². The van der Waals surface area contributed by atoms with Crippen LogP contribution in [0.2, 0.25) is 0 Å². The lowest BCUT2D eigenvalue weighted by Crippen LogP contribution is -2.30. The number of carbonyl (C=O) groups excluding carboxylic acids is 1. The van der Waals surface area contributed by atoms with Crippen molar-refractivity contribution < 1.29 is 9.53 Å². The van der Waals surface area contributed by atoms with Gasteiger partial charge in [-0.1, -0.05) is 30.8 Å². The maximum absolute atomic E-state index is 12.1. The average molecular weight is 468 g/mol. The van der Waals surface area contributed by atoms with Crippen molar-refractivity contribution in [3.05, 3.63) is 79.1 Å². The van der Waals surface area contributed by atoms with Gasteiger partial charge < -0.3 is 19.5 Å². The van der Waals surface area contributed by atoms with E-state index < -0.39 is 0 Å². The van der Waals surface area contributed by atoms with Crippen molar-refractivity contribution in [2.24, 2.45) is 7.05 Å². The Morgan fingerprint density at radius 2 is 1.97 bits per heavy atom. The number of fused-ring (bicyclic) bond motifs is 1. The second-order valence-corrected chi connectivity index (χ2v) is 8.78. The van der Waals surface area contributed by atoms with E-state index in [4.69, 9.17) is 4.74 Å². The maximum Gasteiger partial charge on any atom is 0.317 e. The van der Waals surface area contributed by atoms with E-state index >= 15 is 0 Å². The molecule has 0 atom stereocenters. The standard InChI is InChI=1S/C28H29N5O2/c1-3-27(34)30-24-17-20(11-12-26(24)33-15-7-4-8-16-33)19-35-28-29-14-13-23(31-28)22-18-32(2)25-10-6-5-9-21(22)25/h3,5-6,9-14,17-18H,1,4,7-8,15-16,19H2,2H3,(H,30,34). The van der Waals surface area contributed by atoms with Crippen LogP contribution in [0.4, 0.5) is 11.4 Å². The second kappa shape index (κ2) is 10.0. The molecule has 1 fully saturated rings. The average Bonchev–Trinajstić information content (AvgIpc) is 3.25. The summed E-state index contributed by atoms with van der Waals surface area (Å²) in [6.07, 6.45) is 8.64. The molecule has 35 heavy (non-hydrogen) atoms. The number of hydrogen-bond donors (Lipinski definition) is 1. The van der Waals surface area contributed by atoms with Gasteiger partial charge in [0.15, 0.2) is 0 Å². The number of rotatable bonds is 7. The Labute approximate surface area is 205 Å². The highest BCUT2D eigenvalue weighted by Gasteiger charge is 2.16. The molecular weight excluding hydrogens is 438 g/mol. The Bertz CT molecular complexity index is 1370. The van der Waals surface area contributed by atoms with Gasteiger partial charge in [-0.2, -0.15) is 4.98 Å². The molecule has 0 saturated carbocycles. The van der Waals surface area contributed by atoms with Crippen LogP contribution in [0.3, 0.4) is 0 Å². The Balaban J connectivity index is 1.37. The lowest BCUT2D eigenvalue weighted by molar-refractivity contribution is -0.111. The smallest absolute Gasteiger partial charge is 0.317 e. The zero-order valence-corrected chi connectivity index (χ0v) is 19.9. The fraction of sp³-hybridized carbons (Fsp3) is 0.250. The third kappa shape index (κ3) is 4.89. The van der Waals surface area contributed by atoms with E-state index in [0.717, 1.165) is 65.0 Å². The predicted molar refractivity (Wildman–Crippen MR) is 140 cm³/mol. The number of benzene rings is 2. The van der Waals surface area contributed by atoms with Gasteiger partial charge in [0.05, 0.1) is 17.1 Å². The van der Waals surface area contributed by atoms with E-state index in [1.54, 1.807) is 6.20 Å². The van der Waals surface area contributed by atoms with Crippen molar-refractivity contribution in [1.29, 1.82) is 0 Å². The molecule has 0 spiro atoms. The molecule has 0 radical (unpaired) electrons. The Kier molecular flexibility index (Phi) is 6.48. The quantitative estimate of drug-likeness (QED) is 0.372. The highest BCUT2D eigenvalue weighted by atomic mass is 16.5. The molecule has 0 unspecified atom stereocenters. The number of carbonyl (C=O) groups is 1. The molecule has 7 heteroatoms. The first-order chi connectivity index (χ1) is 17.1. The van der Waals surface area contributed by atoms with Gasteiger partial charge in [-0.15, -0.1) is 0 Å². The van der Waals surface area contributed by atoms with E-state index in [1.807, 2.05) is 37.4 Å². The summed E-state index contributed by atoms with van der Waals surface area (Å²) in [7, 11) is 2.03. The number of para-hydroxylation sites is 1. The number of amides is 1. The molecule has 1 saturated heterocycles. The number of piperidine rings is 1. The molecule has 2 aromatic heterocycles. The van der Waals surface area contributed by atoms with Crippen LogP contribution in [0.1, 0.15) is 24.8 Å². The first kappa shape index (κ1) is 22.7. The minimum absolute atomic E-state index is 0.229. The topological polar surface area (TPSA) is 72.3 Å². The van der Waals surface area contributed by atoms with Crippen molar-refractivity contribution in [3.8, 4) is 17.3 Å². The van der Waals surface area contributed by atoms with Gasteiger partial charge >= 0.3 is 6.01 Å². The van der Waals surface area contributed by atoms with E-state index in [9.17, 15) is 4.79 Å². The molecule has 1 aliphatic rings. The second-order valence-electron chi connectivity index (χ2n) is 8.78. The fourth-order valence-corrected chi connectivity index (χ4v) is 4.62. The van der Waals surface area contributed by atoms with E-state index in [1.165, 1.54) is 12.5 Å². The largest absolute Gasteiger partial charge is 0.459 e. The van der Waals surface area contributed by atoms with Gasteiger partial charge in [-0.05, 0) is 55.2 Å². The molecule has 0 bridgehead atoms. The van der Waals surface area contributed by atoms with Crippen molar-refractivity contribution in [2.75, 3.05) is 23.3 Å². The molecule has 1 amide bonds. The Hall–Kier alpha value is -4.13. The number of nitrogens with zero attached hydrogens (tertiary/aromatic N) is 4. The van der Waals surface area contributed by atoms with Crippen LogP contribution >= 0.6 is 0 Å². The summed E-state index contributed by atoms with van der Waals surface area (Å²) in [5, 5.41) is 4.09. The minimum atomic E-state index is -0.229. The molecule has 5 rings (SSSR count). The Morgan fingerprint density at radius 1 is 1.14 bits per heavy atom. The van der Waals surface area contributed by atoms with Crippen molar-refractivity contribution in [2.45, 2.75) is 25.9 Å².